The summed E-state index contributed by atoms with van der Waals surface area (Å²) in [5.74, 6) is 1.08. The lowest BCUT2D eigenvalue weighted by atomic mass is 9.95. The minimum absolute atomic E-state index is 0.228. The summed E-state index contributed by atoms with van der Waals surface area (Å²) in [6, 6.07) is -0.480. The van der Waals surface area contributed by atoms with Gasteiger partial charge in [-0.05, 0) is 32.6 Å². The van der Waals surface area contributed by atoms with E-state index < -0.39 is 6.04 Å². The molecule has 0 radical (unpaired) electrons. The number of aryl methyl sites for hydroxylation is 1. The minimum Gasteiger partial charge on any atom is -0.383 e. The Hall–Kier alpha value is -2.22. The third-order valence-corrected chi connectivity index (χ3v) is 5.71. The lowest BCUT2D eigenvalue weighted by molar-refractivity contribution is -0.677. The van der Waals surface area contributed by atoms with Crippen LogP contribution in [0.25, 0.3) is 0 Å². The molecule has 0 bridgehead atoms. The van der Waals surface area contributed by atoms with E-state index in [2.05, 4.69) is 11.5 Å². The highest BCUT2D eigenvalue weighted by atomic mass is 16.5. The minimum atomic E-state index is -0.562. The summed E-state index contributed by atoms with van der Waals surface area (Å²) >= 11 is 0. The van der Waals surface area contributed by atoms with Gasteiger partial charge >= 0.3 is 12.0 Å². The van der Waals surface area contributed by atoms with Gasteiger partial charge in [0.15, 0.2) is 0 Å². The van der Waals surface area contributed by atoms with E-state index in [0.717, 1.165) is 24.5 Å². The number of hydrogen-bond donors (Lipinski definition) is 0. The molecule has 0 spiro atoms. The molecule has 3 aliphatic rings. The van der Waals surface area contributed by atoms with Crippen LogP contribution in [0.4, 0.5) is 10.7 Å². The fraction of sp³-hybridized carbons (Fsp3) is 0.667. The smallest absolute Gasteiger partial charge is 0.383 e. The van der Waals surface area contributed by atoms with Crippen LogP contribution >= 0.6 is 0 Å². The van der Waals surface area contributed by atoms with Gasteiger partial charge in [-0.1, -0.05) is 11.4 Å². The molecule has 140 valence electrons. The molecule has 8 nitrogen and oxygen atoms in total. The first-order chi connectivity index (χ1) is 12.5. The second-order valence-electron chi connectivity index (χ2n) is 7.34. The summed E-state index contributed by atoms with van der Waals surface area (Å²) in [5.41, 5.74) is 1.12. The van der Waals surface area contributed by atoms with Gasteiger partial charge in [0, 0.05) is 14.2 Å². The van der Waals surface area contributed by atoms with Crippen LogP contribution < -0.4 is 4.57 Å². The van der Waals surface area contributed by atoms with Crippen molar-refractivity contribution in [2.24, 2.45) is 4.99 Å². The third-order valence-electron chi connectivity index (χ3n) is 5.71. The van der Waals surface area contributed by atoms with Crippen LogP contribution in [0.1, 0.15) is 49.9 Å². The van der Waals surface area contributed by atoms with Crippen molar-refractivity contribution in [2.75, 3.05) is 27.3 Å². The maximum absolute atomic E-state index is 13.0. The fourth-order valence-electron chi connectivity index (χ4n) is 4.38. The third kappa shape index (κ3) is 2.46. The molecular formula is C18H26N5O3+. The monoisotopic (exact) mass is 360 g/mol. The summed E-state index contributed by atoms with van der Waals surface area (Å²) in [6.45, 7) is 2.64. The first kappa shape index (κ1) is 17.2. The number of methoxy groups -OCH3 is 1. The SMILES string of the molecule is COCCN1C(=O)C2C(=Nc3n(C4CCCCC4)c(C)c[n+]32)N(C)C1=O. The van der Waals surface area contributed by atoms with Crippen LogP contribution in [0.5, 0.6) is 0 Å². The van der Waals surface area contributed by atoms with E-state index in [9.17, 15) is 9.59 Å². The van der Waals surface area contributed by atoms with Crippen LogP contribution in [0, 0.1) is 6.92 Å². The summed E-state index contributed by atoms with van der Waals surface area (Å²) in [5, 5.41) is 0. The Kier molecular flexibility index (Phi) is 4.30. The van der Waals surface area contributed by atoms with Crippen LogP contribution in [0.3, 0.4) is 0 Å². The molecule has 2 fully saturated rings. The van der Waals surface area contributed by atoms with Crippen molar-refractivity contribution < 1.29 is 18.9 Å². The first-order valence-corrected chi connectivity index (χ1v) is 9.34. The number of aliphatic imine (C=N–C) groups is 1. The van der Waals surface area contributed by atoms with Crippen molar-refractivity contribution in [3.05, 3.63) is 11.9 Å². The predicted molar refractivity (Wildman–Crippen MR) is 94.4 cm³/mol. The number of fused-ring (bicyclic) bond motifs is 3. The van der Waals surface area contributed by atoms with Gasteiger partial charge in [0.25, 0.3) is 5.91 Å². The summed E-state index contributed by atoms with van der Waals surface area (Å²) in [6.07, 6.45) is 8.02. The number of likely N-dealkylation sites (N-methyl/N-ethyl adjacent to an activating group) is 1. The zero-order chi connectivity index (χ0) is 18.4. The molecule has 0 aromatic carbocycles. The van der Waals surface area contributed by atoms with Crippen molar-refractivity contribution in [3.63, 3.8) is 0 Å². The van der Waals surface area contributed by atoms with E-state index in [1.54, 1.807) is 14.2 Å². The number of aromatic nitrogens is 2. The van der Waals surface area contributed by atoms with Gasteiger partial charge in [0.05, 0.1) is 19.2 Å². The number of nitrogens with zero attached hydrogens (tertiary/aromatic N) is 5. The Morgan fingerprint density at radius 1 is 1.27 bits per heavy atom. The van der Waals surface area contributed by atoms with Gasteiger partial charge < -0.3 is 4.74 Å². The molecule has 1 aromatic heterocycles. The van der Waals surface area contributed by atoms with Gasteiger partial charge in [-0.25, -0.2) is 13.9 Å². The van der Waals surface area contributed by atoms with Crippen molar-refractivity contribution in [1.29, 1.82) is 0 Å². The average molecular weight is 360 g/mol. The molecule has 1 saturated heterocycles. The standard InChI is InChI=1S/C18H26N5O3/c1-12-11-22-14-15(19-17(22)23(12)13-7-5-4-6-8-13)20(2)18(25)21(16(14)24)9-10-26-3/h11,13-14H,4-10H2,1-3H3/q+1. The number of hydrogen-bond acceptors (Lipinski definition) is 4. The second kappa shape index (κ2) is 6.50. The maximum atomic E-state index is 13.0. The number of ether oxygens (including phenoxy) is 1. The zero-order valence-corrected chi connectivity index (χ0v) is 15.6. The molecule has 3 heterocycles. The van der Waals surface area contributed by atoms with E-state index in [1.165, 1.54) is 29.1 Å². The van der Waals surface area contributed by atoms with Crippen molar-refractivity contribution in [3.8, 4) is 0 Å². The molecule has 1 unspecified atom stereocenters. The largest absolute Gasteiger partial charge is 0.402 e. The van der Waals surface area contributed by atoms with Crippen molar-refractivity contribution >= 4 is 23.7 Å². The Morgan fingerprint density at radius 2 is 2.00 bits per heavy atom. The Labute approximate surface area is 153 Å². The Bertz CT molecular complexity index is 778. The molecule has 1 aliphatic carbocycles. The molecule has 0 N–H and O–H groups in total. The molecular weight excluding hydrogens is 334 g/mol. The lowest BCUT2D eigenvalue weighted by Gasteiger charge is -2.32. The number of carbonyl (C=O) groups is 2. The highest BCUT2D eigenvalue weighted by molar-refractivity contribution is 6.19. The van der Waals surface area contributed by atoms with Gasteiger partial charge in [-0.15, -0.1) is 0 Å². The maximum Gasteiger partial charge on any atom is 0.402 e. The summed E-state index contributed by atoms with van der Waals surface area (Å²) in [7, 11) is 3.25. The molecule has 1 aromatic rings. The number of amidine groups is 1. The first-order valence-electron chi connectivity index (χ1n) is 9.34. The number of rotatable bonds is 4. The zero-order valence-electron chi connectivity index (χ0n) is 15.6. The summed E-state index contributed by atoms with van der Waals surface area (Å²) in [4.78, 5) is 33.1. The molecule has 1 atom stereocenters. The second-order valence-corrected chi connectivity index (χ2v) is 7.34. The van der Waals surface area contributed by atoms with E-state index >= 15 is 0 Å². The fourth-order valence-corrected chi connectivity index (χ4v) is 4.38. The van der Waals surface area contributed by atoms with E-state index in [1.807, 2.05) is 10.8 Å². The average Bonchev–Trinajstić information content (AvgIpc) is 3.15. The van der Waals surface area contributed by atoms with E-state index in [-0.39, 0.29) is 18.5 Å². The van der Waals surface area contributed by atoms with E-state index in [4.69, 9.17) is 9.73 Å². The molecule has 2 aliphatic heterocycles. The molecule has 8 heteroatoms. The number of imide groups is 1. The van der Waals surface area contributed by atoms with Crippen molar-refractivity contribution in [2.45, 2.75) is 51.1 Å². The molecule has 3 amide bonds. The molecule has 4 rings (SSSR count). The van der Waals surface area contributed by atoms with Gasteiger partial charge in [-0.3, -0.25) is 14.6 Å². The number of imidazole rings is 1. The van der Waals surface area contributed by atoms with Crippen molar-refractivity contribution in [1.82, 2.24) is 14.4 Å². The normalized spacial score (nSPS) is 23.3. The van der Waals surface area contributed by atoms with E-state index in [0.29, 0.717) is 18.5 Å². The van der Waals surface area contributed by atoms with Gasteiger partial charge in [0.2, 0.25) is 11.9 Å². The number of carbonyl (C=O) groups excluding carboxylic acids is 2. The highest BCUT2D eigenvalue weighted by Gasteiger charge is 2.53. The number of urea groups is 1. The quantitative estimate of drug-likeness (QED) is 0.768. The topological polar surface area (TPSA) is 71.0 Å². The Balaban J connectivity index is 1.73. The van der Waals surface area contributed by atoms with Gasteiger partial charge in [-0.2, -0.15) is 0 Å². The van der Waals surface area contributed by atoms with Crippen LogP contribution in [-0.4, -0.2) is 59.4 Å². The highest BCUT2D eigenvalue weighted by Crippen LogP contribution is 2.36. The molecule has 26 heavy (non-hydrogen) atoms. The van der Waals surface area contributed by atoms with Crippen LogP contribution in [0.15, 0.2) is 11.2 Å². The molecule has 1 saturated carbocycles. The summed E-state index contributed by atoms with van der Waals surface area (Å²) < 4.78 is 9.25. The van der Waals surface area contributed by atoms with Gasteiger partial charge in [0.1, 0.15) is 11.9 Å². The Morgan fingerprint density at radius 3 is 2.69 bits per heavy atom. The van der Waals surface area contributed by atoms with Crippen LogP contribution in [-0.2, 0) is 9.53 Å². The predicted octanol–water partition coefficient (Wildman–Crippen LogP) is 1.71. The number of amides is 3. The lowest BCUT2D eigenvalue weighted by Crippen LogP contribution is -2.63. The van der Waals surface area contributed by atoms with Crippen LogP contribution in [0.2, 0.25) is 0 Å².